The highest BCUT2D eigenvalue weighted by Crippen LogP contribution is 2.32. The summed E-state index contributed by atoms with van der Waals surface area (Å²) >= 11 is 6.03. The minimum atomic E-state index is -4.11. The fourth-order valence-electron chi connectivity index (χ4n) is 2.50. The van der Waals surface area contributed by atoms with E-state index in [4.69, 9.17) is 26.8 Å². The minimum absolute atomic E-state index is 0.0913. The Labute approximate surface area is 183 Å². The molecule has 166 valence electrons. The van der Waals surface area contributed by atoms with Crippen molar-refractivity contribution >= 4 is 45.2 Å². The SMILES string of the molecule is COc1ccccc1N(C)S(=O)(=O)c1ccc(Cl)c(C(=O)O[C@@H](C)C(=O)NC(N)=O)c1. The number of hydrogen-bond donors (Lipinski definition) is 2. The van der Waals surface area contributed by atoms with Crippen LogP contribution in [0.2, 0.25) is 5.02 Å². The lowest BCUT2D eigenvalue weighted by Gasteiger charge is -2.22. The van der Waals surface area contributed by atoms with E-state index < -0.39 is 34.0 Å². The minimum Gasteiger partial charge on any atom is -0.495 e. The molecular weight excluding hydrogens is 450 g/mol. The molecule has 2 aromatic rings. The number of para-hydroxylation sites is 2. The lowest BCUT2D eigenvalue weighted by molar-refractivity contribution is -0.127. The number of nitrogens with two attached hydrogens (primary N) is 1. The maximum atomic E-state index is 13.1. The van der Waals surface area contributed by atoms with Crippen LogP contribution in [0.5, 0.6) is 5.75 Å². The normalized spacial score (nSPS) is 11.9. The second kappa shape index (κ2) is 9.67. The van der Waals surface area contributed by atoms with E-state index in [0.29, 0.717) is 5.75 Å². The number of carbonyl (C=O) groups is 3. The van der Waals surface area contributed by atoms with Crippen molar-refractivity contribution in [3.05, 3.63) is 53.1 Å². The van der Waals surface area contributed by atoms with Crippen molar-refractivity contribution in [2.24, 2.45) is 5.73 Å². The average molecular weight is 470 g/mol. The lowest BCUT2D eigenvalue weighted by atomic mass is 10.2. The van der Waals surface area contributed by atoms with Gasteiger partial charge in [-0.3, -0.25) is 14.4 Å². The second-order valence-electron chi connectivity index (χ2n) is 6.19. The van der Waals surface area contributed by atoms with E-state index in [2.05, 4.69) is 0 Å². The number of esters is 1. The van der Waals surface area contributed by atoms with Crippen LogP contribution in [0.25, 0.3) is 0 Å². The van der Waals surface area contributed by atoms with E-state index >= 15 is 0 Å². The Kier molecular flexibility index (Phi) is 7.47. The van der Waals surface area contributed by atoms with Gasteiger partial charge in [0, 0.05) is 7.05 Å². The number of hydrogen-bond acceptors (Lipinski definition) is 7. The maximum absolute atomic E-state index is 13.1. The molecule has 0 aliphatic carbocycles. The van der Waals surface area contributed by atoms with Crippen LogP contribution in [0.1, 0.15) is 17.3 Å². The number of benzene rings is 2. The Morgan fingerprint density at radius 3 is 2.42 bits per heavy atom. The van der Waals surface area contributed by atoms with Crippen LogP contribution in [0, 0.1) is 0 Å². The monoisotopic (exact) mass is 469 g/mol. The van der Waals surface area contributed by atoms with Gasteiger partial charge in [-0.2, -0.15) is 0 Å². The fourth-order valence-corrected chi connectivity index (χ4v) is 3.93. The molecule has 0 fully saturated rings. The molecule has 2 rings (SSSR count). The van der Waals surface area contributed by atoms with Crippen molar-refractivity contribution in [2.75, 3.05) is 18.5 Å². The molecule has 3 N–H and O–H groups in total. The molecular formula is C19H20ClN3O7S. The van der Waals surface area contributed by atoms with Crippen LogP contribution >= 0.6 is 11.6 Å². The van der Waals surface area contributed by atoms with Gasteiger partial charge in [-0.25, -0.2) is 18.0 Å². The number of nitrogens with zero attached hydrogens (tertiary/aromatic N) is 1. The molecule has 0 heterocycles. The molecule has 3 amide bonds. The van der Waals surface area contributed by atoms with Gasteiger partial charge >= 0.3 is 12.0 Å². The quantitative estimate of drug-likeness (QED) is 0.589. The number of rotatable bonds is 7. The zero-order valence-electron chi connectivity index (χ0n) is 16.8. The van der Waals surface area contributed by atoms with E-state index in [0.717, 1.165) is 10.4 Å². The third-order valence-corrected chi connectivity index (χ3v) is 6.24. The standard InChI is InChI=1S/C19H20ClN3O7S/c1-11(17(24)22-19(21)26)30-18(25)13-10-12(8-9-14(13)20)31(27,28)23(2)15-6-4-5-7-16(15)29-3/h4-11H,1-3H3,(H3,21,22,24,26)/t11-/m0/s1. The highest BCUT2D eigenvalue weighted by molar-refractivity contribution is 7.92. The van der Waals surface area contributed by atoms with Crippen LogP contribution in [-0.2, 0) is 19.6 Å². The number of sulfonamides is 1. The summed E-state index contributed by atoms with van der Waals surface area (Å²) in [4.78, 5) is 34.7. The number of primary amides is 1. The van der Waals surface area contributed by atoms with Crippen molar-refractivity contribution in [1.29, 1.82) is 0 Å². The van der Waals surface area contributed by atoms with E-state index in [1.807, 2.05) is 0 Å². The number of nitrogens with one attached hydrogen (secondary N) is 1. The van der Waals surface area contributed by atoms with Crippen LogP contribution in [0.3, 0.4) is 0 Å². The number of anilines is 1. The van der Waals surface area contributed by atoms with Gasteiger partial charge in [0.2, 0.25) is 0 Å². The molecule has 31 heavy (non-hydrogen) atoms. The molecule has 0 aliphatic heterocycles. The first-order chi connectivity index (χ1) is 14.5. The summed E-state index contributed by atoms with van der Waals surface area (Å²) in [7, 11) is -1.37. The molecule has 0 aliphatic rings. The van der Waals surface area contributed by atoms with Crippen molar-refractivity contribution < 1.29 is 32.3 Å². The highest BCUT2D eigenvalue weighted by Gasteiger charge is 2.27. The predicted molar refractivity (Wildman–Crippen MR) is 113 cm³/mol. The van der Waals surface area contributed by atoms with E-state index in [1.165, 1.54) is 33.2 Å². The predicted octanol–water partition coefficient (Wildman–Crippen LogP) is 1.91. The number of methoxy groups -OCH3 is 1. The first-order valence-corrected chi connectivity index (χ1v) is 10.5. The van der Waals surface area contributed by atoms with Gasteiger partial charge in [0.05, 0.1) is 28.3 Å². The van der Waals surface area contributed by atoms with Crippen LogP contribution in [0.15, 0.2) is 47.4 Å². The number of carbonyl (C=O) groups excluding carboxylic acids is 3. The zero-order valence-corrected chi connectivity index (χ0v) is 18.4. The highest BCUT2D eigenvalue weighted by atomic mass is 35.5. The Bertz CT molecular complexity index is 1120. The number of halogens is 1. The van der Waals surface area contributed by atoms with Gasteiger partial charge in [-0.05, 0) is 37.3 Å². The number of amides is 3. The molecule has 0 spiro atoms. The summed E-state index contributed by atoms with van der Waals surface area (Å²) in [6, 6.07) is 8.86. The summed E-state index contributed by atoms with van der Waals surface area (Å²) in [5, 5.41) is 1.68. The van der Waals surface area contributed by atoms with Crippen molar-refractivity contribution in [3.8, 4) is 5.75 Å². The van der Waals surface area contributed by atoms with Gasteiger partial charge in [-0.15, -0.1) is 0 Å². The van der Waals surface area contributed by atoms with Crippen LogP contribution < -0.4 is 20.1 Å². The molecule has 12 heteroatoms. The average Bonchev–Trinajstić information content (AvgIpc) is 2.72. The van der Waals surface area contributed by atoms with Gasteiger partial charge in [-0.1, -0.05) is 23.7 Å². The number of urea groups is 1. The molecule has 0 unspecified atom stereocenters. The van der Waals surface area contributed by atoms with Crippen LogP contribution in [-0.4, -0.2) is 46.6 Å². The summed E-state index contributed by atoms with van der Waals surface area (Å²) in [6.07, 6.45) is -1.38. The zero-order chi connectivity index (χ0) is 23.3. The molecule has 0 radical (unpaired) electrons. The summed E-state index contributed by atoms with van der Waals surface area (Å²) in [5.41, 5.74) is 4.85. The third-order valence-electron chi connectivity index (χ3n) is 4.14. The Hall–Kier alpha value is -3.31. The van der Waals surface area contributed by atoms with Gasteiger partial charge < -0.3 is 15.2 Å². The molecule has 0 saturated heterocycles. The fraction of sp³-hybridized carbons (Fsp3) is 0.211. The summed E-state index contributed by atoms with van der Waals surface area (Å²) in [6.45, 7) is 1.21. The van der Waals surface area contributed by atoms with E-state index in [-0.39, 0.29) is 21.2 Å². The molecule has 0 bridgehead atoms. The van der Waals surface area contributed by atoms with Crippen LogP contribution in [0.4, 0.5) is 10.5 Å². The van der Waals surface area contributed by atoms with E-state index in [1.54, 1.807) is 29.6 Å². The topological polar surface area (TPSA) is 145 Å². The molecule has 0 aromatic heterocycles. The second-order valence-corrected chi connectivity index (χ2v) is 8.56. The summed E-state index contributed by atoms with van der Waals surface area (Å²) in [5.74, 6) is -1.68. The summed E-state index contributed by atoms with van der Waals surface area (Å²) < 4.78 is 37.3. The smallest absolute Gasteiger partial charge is 0.340 e. The Balaban J connectivity index is 2.35. The third kappa shape index (κ3) is 5.44. The molecule has 0 saturated carbocycles. The number of ether oxygens (including phenoxy) is 2. The van der Waals surface area contributed by atoms with E-state index in [9.17, 15) is 22.8 Å². The van der Waals surface area contributed by atoms with Crippen molar-refractivity contribution in [3.63, 3.8) is 0 Å². The molecule has 1 atom stereocenters. The van der Waals surface area contributed by atoms with Crippen molar-refractivity contribution in [1.82, 2.24) is 5.32 Å². The van der Waals surface area contributed by atoms with Gasteiger partial charge in [0.15, 0.2) is 6.10 Å². The Morgan fingerprint density at radius 2 is 1.81 bits per heavy atom. The first kappa shape index (κ1) is 24.0. The maximum Gasteiger partial charge on any atom is 0.340 e. The molecule has 10 nitrogen and oxygen atoms in total. The lowest BCUT2D eigenvalue weighted by Crippen LogP contribution is -2.42. The van der Waals surface area contributed by atoms with Crippen molar-refractivity contribution in [2.45, 2.75) is 17.9 Å². The van der Waals surface area contributed by atoms with Gasteiger partial charge in [0.25, 0.3) is 15.9 Å². The number of imide groups is 1. The molecule has 2 aromatic carbocycles. The first-order valence-electron chi connectivity index (χ1n) is 8.71. The van der Waals surface area contributed by atoms with Gasteiger partial charge in [0.1, 0.15) is 5.75 Å². The Morgan fingerprint density at radius 1 is 1.16 bits per heavy atom. The largest absolute Gasteiger partial charge is 0.495 e.